The summed E-state index contributed by atoms with van der Waals surface area (Å²) >= 11 is 0. The molecular formula is C25H41IN2. The minimum atomic E-state index is 0. The van der Waals surface area contributed by atoms with E-state index < -0.39 is 0 Å². The summed E-state index contributed by atoms with van der Waals surface area (Å²) < 4.78 is 4.77. The van der Waals surface area contributed by atoms with Crippen molar-refractivity contribution in [3.8, 4) is 0 Å². The zero-order valence-electron chi connectivity index (χ0n) is 18.2. The van der Waals surface area contributed by atoms with Crippen molar-refractivity contribution in [1.82, 2.24) is 4.57 Å². The molecule has 0 bridgehead atoms. The van der Waals surface area contributed by atoms with Crippen molar-refractivity contribution < 1.29 is 28.5 Å². The summed E-state index contributed by atoms with van der Waals surface area (Å²) in [6, 6.07) is 10.7. The van der Waals surface area contributed by atoms with Crippen LogP contribution in [0, 0.1) is 6.92 Å². The molecule has 0 spiro atoms. The molecule has 1 heterocycles. The van der Waals surface area contributed by atoms with E-state index in [0.29, 0.717) is 0 Å². The molecule has 1 aromatic carbocycles. The Morgan fingerprint density at radius 2 is 1.29 bits per heavy atom. The van der Waals surface area contributed by atoms with Gasteiger partial charge in [0.15, 0.2) is 0 Å². The van der Waals surface area contributed by atoms with Crippen LogP contribution in [0.4, 0.5) is 0 Å². The number of hydrogen-bond donors (Lipinski definition) is 0. The lowest BCUT2D eigenvalue weighted by Crippen LogP contribution is -3.00. The third kappa shape index (κ3) is 10.1. The fourth-order valence-electron chi connectivity index (χ4n) is 3.85. The molecule has 0 aliphatic heterocycles. The maximum Gasteiger partial charge on any atom is 0.253 e. The molecule has 28 heavy (non-hydrogen) atoms. The molecule has 0 aliphatic carbocycles. The summed E-state index contributed by atoms with van der Waals surface area (Å²) in [6.07, 6.45) is 21.4. The fraction of sp³-hybridized carbons (Fsp3) is 0.640. The van der Waals surface area contributed by atoms with Gasteiger partial charge in [0.25, 0.3) is 5.82 Å². The first-order valence-electron chi connectivity index (χ1n) is 11.4. The summed E-state index contributed by atoms with van der Waals surface area (Å²) in [4.78, 5) is 0. The maximum atomic E-state index is 2.42. The Balaban J connectivity index is 0.00000392. The smallest absolute Gasteiger partial charge is 0.253 e. The molecule has 0 unspecified atom stereocenters. The lowest BCUT2D eigenvalue weighted by Gasteiger charge is -2.03. The third-order valence-electron chi connectivity index (χ3n) is 5.71. The van der Waals surface area contributed by atoms with Gasteiger partial charge < -0.3 is 24.0 Å². The normalized spacial score (nSPS) is 10.8. The summed E-state index contributed by atoms with van der Waals surface area (Å²) in [5.41, 5.74) is 1.37. The van der Waals surface area contributed by atoms with Crippen LogP contribution in [0.15, 0.2) is 42.7 Å². The Labute approximate surface area is 190 Å². The first-order chi connectivity index (χ1) is 13.3. The Morgan fingerprint density at radius 1 is 0.750 bits per heavy atom. The second-order valence-corrected chi connectivity index (χ2v) is 8.04. The predicted octanol–water partition coefficient (Wildman–Crippen LogP) is 3.84. The molecule has 1 aromatic heterocycles. The van der Waals surface area contributed by atoms with Crippen molar-refractivity contribution in [2.45, 2.75) is 104 Å². The number of imidazole rings is 1. The molecule has 0 fully saturated rings. The molecule has 2 rings (SSSR count). The fourth-order valence-corrected chi connectivity index (χ4v) is 3.85. The SMILES string of the molecule is CCCCCCCCCCCCCCn1cc[n+](Cc2ccccc2)c1C.[I-]. The van der Waals surface area contributed by atoms with Crippen molar-refractivity contribution >= 4 is 0 Å². The largest absolute Gasteiger partial charge is 1.00 e. The number of benzene rings is 1. The zero-order valence-corrected chi connectivity index (χ0v) is 20.4. The molecule has 158 valence electrons. The highest BCUT2D eigenvalue weighted by Gasteiger charge is 2.11. The van der Waals surface area contributed by atoms with E-state index in [1.807, 2.05) is 0 Å². The van der Waals surface area contributed by atoms with E-state index in [2.05, 4.69) is 65.7 Å². The maximum absolute atomic E-state index is 2.42. The van der Waals surface area contributed by atoms with Crippen LogP contribution >= 0.6 is 0 Å². The lowest BCUT2D eigenvalue weighted by molar-refractivity contribution is -0.694. The van der Waals surface area contributed by atoms with Crippen molar-refractivity contribution in [1.29, 1.82) is 0 Å². The van der Waals surface area contributed by atoms with Gasteiger partial charge in [0.05, 0.1) is 6.54 Å². The van der Waals surface area contributed by atoms with Crippen LogP contribution in [0.5, 0.6) is 0 Å². The van der Waals surface area contributed by atoms with Crippen molar-refractivity contribution in [2.24, 2.45) is 0 Å². The number of hydrogen-bond acceptors (Lipinski definition) is 0. The lowest BCUT2D eigenvalue weighted by atomic mass is 10.1. The van der Waals surface area contributed by atoms with Gasteiger partial charge >= 0.3 is 0 Å². The molecule has 0 amide bonds. The topological polar surface area (TPSA) is 8.81 Å². The van der Waals surface area contributed by atoms with Crippen LogP contribution in [0.3, 0.4) is 0 Å². The first kappa shape index (κ1) is 25.2. The highest BCUT2D eigenvalue weighted by Crippen LogP contribution is 2.12. The summed E-state index contributed by atoms with van der Waals surface area (Å²) in [5, 5.41) is 0. The van der Waals surface area contributed by atoms with Crippen LogP contribution in [0.2, 0.25) is 0 Å². The molecule has 0 radical (unpaired) electrons. The second-order valence-electron chi connectivity index (χ2n) is 8.04. The monoisotopic (exact) mass is 496 g/mol. The number of nitrogens with zero attached hydrogens (tertiary/aromatic N) is 2. The molecule has 2 nitrogen and oxygen atoms in total. The van der Waals surface area contributed by atoms with Gasteiger partial charge in [0.2, 0.25) is 0 Å². The Hall–Kier alpha value is -0.840. The highest BCUT2D eigenvalue weighted by atomic mass is 127. The average Bonchev–Trinajstić information content (AvgIpc) is 3.03. The van der Waals surface area contributed by atoms with Gasteiger partial charge in [-0.3, -0.25) is 0 Å². The minimum Gasteiger partial charge on any atom is -1.00 e. The van der Waals surface area contributed by atoms with Crippen LogP contribution < -0.4 is 28.5 Å². The molecule has 0 saturated heterocycles. The molecule has 2 aromatic rings. The van der Waals surface area contributed by atoms with Crippen molar-refractivity contribution in [3.63, 3.8) is 0 Å². The van der Waals surface area contributed by atoms with Crippen LogP contribution in [0.25, 0.3) is 0 Å². The molecule has 3 heteroatoms. The van der Waals surface area contributed by atoms with Gasteiger partial charge in [-0.1, -0.05) is 101 Å². The predicted molar refractivity (Wildman–Crippen MR) is 116 cm³/mol. The molecule has 0 N–H and O–H groups in total. The van der Waals surface area contributed by atoms with E-state index in [0.717, 1.165) is 13.1 Å². The van der Waals surface area contributed by atoms with Gasteiger partial charge in [0.1, 0.15) is 18.9 Å². The number of rotatable bonds is 15. The second kappa shape index (κ2) is 16.0. The highest BCUT2D eigenvalue weighted by molar-refractivity contribution is 5.13. The third-order valence-corrected chi connectivity index (χ3v) is 5.71. The number of unbranched alkanes of at least 4 members (excludes halogenated alkanes) is 11. The van der Waals surface area contributed by atoms with E-state index in [1.54, 1.807) is 0 Å². The Morgan fingerprint density at radius 3 is 1.86 bits per heavy atom. The molecule has 0 atom stereocenters. The van der Waals surface area contributed by atoms with Crippen molar-refractivity contribution in [3.05, 3.63) is 54.1 Å². The molecular weight excluding hydrogens is 455 g/mol. The van der Waals surface area contributed by atoms with Gasteiger partial charge in [-0.2, -0.15) is 0 Å². The number of aryl methyl sites for hydroxylation is 1. The average molecular weight is 497 g/mol. The van der Waals surface area contributed by atoms with E-state index in [-0.39, 0.29) is 24.0 Å². The van der Waals surface area contributed by atoms with Crippen LogP contribution in [0.1, 0.15) is 95.4 Å². The first-order valence-corrected chi connectivity index (χ1v) is 11.4. The summed E-state index contributed by atoms with van der Waals surface area (Å²) in [6.45, 7) is 6.66. The van der Waals surface area contributed by atoms with E-state index >= 15 is 0 Å². The Kier molecular flexibility index (Phi) is 14.4. The van der Waals surface area contributed by atoms with Crippen LogP contribution in [-0.4, -0.2) is 4.57 Å². The number of aromatic nitrogens is 2. The number of halogens is 1. The van der Waals surface area contributed by atoms with Gasteiger partial charge in [-0.25, -0.2) is 9.13 Å². The van der Waals surface area contributed by atoms with Gasteiger partial charge in [0, 0.05) is 6.92 Å². The van der Waals surface area contributed by atoms with Crippen molar-refractivity contribution in [2.75, 3.05) is 0 Å². The van der Waals surface area contributed by atoms with E-state index in [9.17, 15) is 0 Å². The minimum absolute atomic E-state index is 0. The quantitative estimate of drug-likeness (QED) is 0.201. The summed E-state index contributed by atoms with van der Waals surface area (Å²) in [5.74, 6) is 1.36. The molecule has 0 saturated carbocycles. The Bertz CT molecular complexity index is 606. The summed E-state index contributed by atoms with van der Waals surface area (Å²) in [7, 11) is 0. The standard InChI is InChI=1S/C25H41N2.HI/c1-3-4-5-6-7-8-9-10-11-12-13-17-20-26-21-22-27(24(26)2)23-25-18-15-14-16-19-25;/h14-16,18-19,21-22H,3-13,17,20,23H2,1-2H3;1H/q+1;/p-1. The molecule has 0 aliphatic rings. The zero-order chi connectivity index (χ0) is 19.2. The van der Waals surface area contributed by atoms with E-state index in [4.69, 9.17) is 0 Å². The van der Waals surface area contributed by atoms with E-state index in [1.165, 1.54) is 88.4 Å². The van der Waals surface area contributed by atoms with Gasteiger partial charge in [-0.05, 0) is 18.4 Å². The van der Waals surface area contributed by atoms with Crippen LogP contribution in [-0.2, 0) is 13.1 Å². The van der Waals surface area contributed by atoms with Gasteiger partial charge in [-0.15, -0.1) is 0 Å².